The van der Waals surface area contributed by atoms with Crippen molar-refractivity contribution < 1.29 is 0 Å². The fourth-order valence-corrected chi connectivity index (χ4v) is 12.7. The van der Waals surface area contributed by atoms with Gasteiger partial charge in [0.25, 0.3) is 0 Å². The van der Waals surface area contributed by atoms with Gasteiger partial charge in [-0.15, -0.1) is 0 Å². The maximum Gasteiger partial charge on any atom is 0.0726 e. The van der Waals surface area contributed by atoms with Crippen LogP contribution in [0.4, 0.5) is 17.1 Å². The Hall–Kier alpha value is -7.74. The average molecular weight is 800 g/mol. The maximum absolute atomic E-state index is 2.59. The first kappa shape index (κ1) is 34.9. The van der Waals surface area contributed by atoms with Gasteiger partial charge in [0.05, 0.1) is 22.2 Å². The van der Waals surface area contributed by atoms with Gasteiger partial charge >= 0.3 is 0 Å². The van der Waals surface area contributed by atoms with E-state index < -0.39 is 10.8 Å². The third kappa shape index (κ3) is 4.36. The van der Waals surface area contributed by atoms with Crippen molar-refractivity contribution >= 4 is 22.6 Å². The number of hydrogen-bond acceptors (Lipinski definition) is 1. The molecule has 5 aliphatic rings. The zero-order chi connectivity index (χ0) is 41.3. The lowest BCUT2D eigenvalue weighted by Crippen LogP contribution is -2.26. The van der Waals surface area contributed by atoms with Gasteiger partial charge in [-0.05, 0) is 126 Å². The van der Waals surface area contributed by atoms with Crippen LogP contribution >= 0.6 is 0 Å². The van der Waals surface area contributed by atoms with Crippen LogP contribution in [0, 0.1) is 0 Å². The number of allylic oxidation sites excluding steroid dienone is 4. The number of rotatable bonds is 4. The SMILES string of the molecule is C1=CC(c2ccccc2N(c2ccc3c(c2)-c2ccccc2C32c3ccccc3-c3ccccc32)c2cccc3c2-c2ccccc2C32c3ccccc3-c3ccccc32)=CCC1. The van der Waals surface area contributed by atoms with Gasteiger partial charge in [0, 0.05) is 16.8 Å². The molecule has 0 atom stereocenters. The Morgan fingerprint density at radius 1 is 0.317 bits per heavy atom. The van der Waals surface area contributed by atoms with Crippen LogP contribution in [-0.2, 0) is 10.8 Å². The molecule has 0 fully saturated rings. The molecule has 0 amide bonds. The molecule has 0 aromatic heterocycles. The summed E-state index contributed by atoms with van der Waals surface area (Å²) >= 11 is 0. The molecule has 0 bridgehead atoms. The molecule has 14 rings (SSSR count). The minimum Gasteiger partial charge on any atom is -0.309 e. The summed E-state index contributed by atoms with van der Waals surface area (Å²) in [5.41, 5.74) is 26.5. The highest BCUT2D eigenvalue weighted by molar-refractivity contribution is 6.03. The van der Waals surface area contributed by atoms with Crippen LogP contribution in [0.2, 0.25) is 0 Å². The summed E-state index contributed by atoms with van der Waals surface area (Å²) in [4.78, 5) is 2.59. The molecular formula is C62H41N. The second kappa shape index (κ2) is 12.9. The zero-order valence-corrected chi connectivity index (χ0v) is 34.7. The highest BCUT2D eigenvalue weighted by Gasteiger charge is 2.54. The van der Waals surface area contributed by atoms with Crippen molar-refractivity contribution in [1.82, 2.24) is 0 Å². The minimum absolute atomic E-state index is 0.402. The molecule has 0 saturated carbocycles. The predicted octanol–water partition coefficient (Wildman–Crippen LogP) is 15.6. The molecule has 5 aliphatic carbocycles. The largest absolute Gasteiger partial charge is 0.309 e. The maximum atomic E-state index is 2.59. The van der Waals surface area contributed by atoms with Crippen LogP contribution in [0.1, 0.15) is 62.9 Å². The van der Waals surface area contributed by atoms with Gasteiger partial charge in [0.2, 0.25) is 0 Å². The van der Waals surface area contributed by atoms with Crippen molar-refractivity contribution in [2.24, 2.45) is 0 Å². The second-order valence-electron chi connectivity index (χ2n) is 17.7. The quantitative estimate of drug-likeness (QED) is 0.171. The van der Waals surface area contributed by atoms with Gasteiger partial charge in [0.1, 0.15) is 0 Å². The number of hydrogen-bond donors (Lipinski definition) is 0. The Bertz CT molecular complexity index is 3400. The first-order chi connectivity index (χ1) is 31.3. The average Bonchev–Trinajstić information content (AvgIpc) is 4.04. The van der Waals surface area contributed by atoms with Crippen molar-refractivity contribution in [2.45, 2.75) is 23.7 Å². The molecule has 0 radical (unpaired) electrons. The van der Waals surface area contributed by atoms with E-state index >= 15 is 0 Å². The number of benzene rings is 9. The van der Waals surface area contributed by atoms with E-state index in [4.69, 9.17) is 0 Å². The molecule has 63 heavy (non-hydrogen) atoms. The summed E-state index contributed by atoms with van der Waals surface area (Å²) in [6.45, 7) is 0. The van der Waals surface area contributed by atoms with Gasteiger partial charge in [-0.2, -0.15) is 0 Å². The highest BCUT2D eigenvalue weighted by atomic mass is 15.1. The third-order valence-electron chi connectivity index (χ3n) is 14.9. The van der Waals surface area contributed by atoms with Crippen LogP contribution in [0.25, 0.3) is 50.1 Å². The van der Waals surface area contributed by atoms with Crippen LogP contribution < -0.4 is 4.90 Å². The Labute approximate surface area is 368 Å². The molecule has 9 aromatic rings. The van der Waals surface area contributed by atoms with Crippen molar-refractivity contribution in [3.05, 3.63) is 275 Å². The Kier molecular flexibility index (Phi) is 7.15. The van der Waals surface area contributed by atoms with Crippen molar-refractivity contribution in [3.63, 3.8) is 0 Å². The molecule has 294 valence electrons. The number of para-hydroxylation sites is 1. The molecule has 0 unspecified atom stereocenters. The minimum atomic E-state index is -0.443. The molecule has 1 nitrogen and oxygen atoms in total. The van der Waals surface area contributed by atoms with E-state index in [1.165, 1.54) is 112 Å². The Morgan fingerprint density at radius 2 is 0.730 bits per heavy atom. The summed E-state index contributed by atoms with van der Waals surface area (Å²) in [6, 6.07) is 78.3. The standard InChI is InChI=1S/C62H41N/c1-2-19-40(20-3-1)42-21-10-17-35-58(42)63(41-37-38-56-49(39-41)47-26-8-15-32-54(47)61(56)50-28-11-4-22-43(50)44-23-5-12-29-51(44)61)59-36-18-34-57-60(59)48-27-9-16-33-55(48)62(57)52-30-13-6-24-45(52)46-25-7-14-31-53(46)62/h2,4-39H,1,3H2. The monoisotopic (exact) mass is 799 g/mol. The van der Waals surface area contributed by atoms with E-state index in [-0.39, 0.29) is 0 Å². The van der Waals surface area contributed by atoms with E-state index in [9.17, 15) is 0 Å². The summed E-state index contributed by atoms with van der Waals surface area (Å²) in [6.07, 6.45) is 9.18. The molecule has 0 aliphatic heterocycles. The third-order valence-corrected chi connectivity index (χ3v) is 14.9. The van der Waals surface area contributed by atoms with Gasteiger partial charge in [-0.3, -0.25) is 0 Å². The lowest BCUT2D eigenvalue weighted by atomic mass is 9.70. The van der Waals surface area contributed by atoms with Gasteiger partial charge in [0.15, 0.2) is 0 Å². The number of fused-ring (bicyclic) bond motifs is 20. The predicted molar refractivity (Wildman–Crippen MR) is 260 cm³/mol. The number of anilines is 3. The summed E-state index contributed by atoms with van der Waals surface area (Å²) < 4.78 is 0. The van der Waals surface area contributed by atoms with Gasteiger partial charge in [-0.25, -0.2) is 0 Å². The van der Waals surface area contributed by atoms with E-state index in [1.807, 2.05) is 0 Å². The second-order valence-corrected chi connectivity index (χ2v) is 17.7. The lowest BCUT2D eigenvalue weighted by Gasteiger charge is -2.33. The molecule has 1 heteroatoms. The van der Waals surface area contributed by atoms with Crippen LogP contribution in [0.3, 0.4) is 0 Å². The van der Waals surface area contributed by atoms with E-state index in [0.29, 0.717) is 0 Å². The van der Waals surface area contributed by atoms with Gasteiger partial charge in [-0.1, -0.05) is 200 Å². The molecule has 9 aromatic carbocycles. The Balaban J connectivity index is 1.07. The number of nitrogens with zero attached hydrogens (tertiary/aromatic N) is 1. The van der Waals surface area contributed by atoms with Crippen LogP contribution in [0.5, 0.6) is 0 Å². The molecular weight excluding hydrogens is 759 g/mol. The van der Waals surface area contributed by atoms with Crippen molar-refractivity contribution in [2.75, 3.05) is 4.90 Å². The van der Waals surface area contributed by atoms with Crippen LogP contribution in [0.15, 0.2) is 224 Å². The fourth-order valence-electron chi connectivity index (χ4n) is 12.7. The van der Waals surface area contributed by atoms with E-state index in [2.05, 4.69) is 229 Å². The molecule has 0 N–H and O–H groups in total. The molecule has 2 spiro atoms. The first-order valence-corrected chi connectivity index (χ1v) is 22.4. The van der Waals surface area contributed by atoms with E-state index in [1.54, 1.807) is 0 Å². The summed E-state index contributed by atoms with van der Waals surface area (Å²) in [5, 5.41) is 0. The van der Waals surface area contributed by atoms with E-state index in [0.717, 1.165) is 18.5 Å². The van der Waals surface area contributed by atoms with Crippen LogP contribution in [-0.4, -0.2) is 0 Å². The van der Waals surface area contributed by atoms with Crippen molar-refractivity contribution in [3.8, 4) is 44.5 Å². The summed E-state index contributed by atoms with van der Waals surface area (Å²) in [7, 11) is 0. The zero-order valence-electron chi connectivity index (χ0n) is 34.7. The van der Waals surface area contributed by atoms with Gasteiger partial charge < -0.3 is 4.90 Å². The highest BCUT2D eigenvalue weighted by Crippen LogP contribution is 2.66. The van der Waals surface area contributed by atoms with Crippen molar-refractivity contribution in [1.29, 1.82) is 0 Å². The molecule has 0 saturated heterocycles. The Morgan fingerprint density at radius 3 is 1.27 bits per heavy atom. The first-order valence-electron chi connectivity index (χ1n) is 22.4. The fraction of sp³-hybridized carbons (Fsp3) is 0.0645. The lowest BCUT2D eigenvalue weighted by molar-refractivity contribution is 0.793. The smallest absolute Gasteiger partial charge is 0.0726 e. The molecule has 0 heterocycles. The summed E-state index contributed by atoms with van der Waals surface area (Å²) in [5.74, 6) is 0. The normalized spacial score (nSPS) is 15.5. The topological polar surface area (TPSA) is 3.24 Å².